The van der Waals surface area contributed by atoms with E-state index in [1.54, 1.807) is 0 Å². The van der Waals surface area contributed by atoms with Crippen molar-refractivity contribution in [1.82, 2.24) is 19.6 Å². The second-order valence-corrected chi connectivity index (χ2v) is 6.91. The van der Waals surface area contributed by atoms with Gasteiger partial charge in [0.2, 0.25) is 11.8 Å². The molecule has 0 atom stereocenters. The van der Waals surface area contributed by atoms with E-state index in [4.69, 9.17) is 0 Å². The van der Waals surface area contributed by atoms with Crippen LogP contribution >= 0.6 is 0 Å². The standard InChI is InChI=1S/C18H34N4O2/c1-3-19(4-2)15-17(23)22-13-11-20(12-14-22)16-18(24)21-9-7-5-6-8-10-21/h3-16H2,1-2H3. The Bertz CT molecular complexity index is 396. The van der Waals surface area contributed by atoms with E-state index < -0.39 is 0 Å². The molecule has 6 nitrogen and oxygen atoms in total. The highest BCUT2D eigenvalue weighted by Gasteiger charge is 2.25. The highest BCUT2D eigenvalue weighted by Crippen LogP contribution is 2.11. The van der Waals surface area contributed by atoms with Gasteiger partial charge in [-0.1, -0.05) is 26.7 Å². The van der Waals surface area contributed by atoms with E-state index >= 15 is 0 Å². The van der Waals surface area contributed by atoms with Gasteiger partial charge in [0.25, 0.3) is 0 Å². The Balaban J connectivity index is 1.72. The molecule has 2 fully saturated rings. The SMILES string of the molecule is CCN(CC)CC(=O)N1CCN(CC(=O)N2CCCCCC2)CC1. The quantitative estimate of drug-likeness (QED) is 0.721. The molecule has 0 aliphatic carbocycles. The van der Waals surface area contributed by atoms with Crippen LogP contribution in [0, 0.1) is 0 Å². The topological polar surface area (TPSA) is 47.1 Å². The average molecular weight is 338 g/mol. The maximum absolute atomic E-state index is 12.5. The summed E-state index contributed by atoms with van der Waals surface area (Å²) in [6.07, 6.45) is 4.77. The number of hydrogen-bond acceptors (Lipinski definition) is 4. The van der Waals surface area contributed by atoms with Crippen molar-refractivity contribution in [3.05, 3.63) is 0 Å². The van der Waals surface area contributed by atoms with Crippen molar-refractivity contribution in [2.45, 2.75) is 39.5 Å². The van der Waals surface area contributed by atoms with Crippen molar-refractivity contribution in [1.29, 1.82) is 0 Å². The molecule has 6 heteroatoms. The third-order valence-corrected chi connectivity index (χ3v) is 5.30. The van der Waals surface area contributed by atoms with Crippen LogP contribution in [-0.4, -0.2) is 96.9 Å². The van der Waals surface area contributed by atoms with E-state index in [1.165, 1.54) is 12.8 Å². The van der Waals surface area contributed by atoms with Gasteiger partial charge in [0.1, 0.15) is 0 Å². The van der Waals surface area contributed by atoms with E-state index in [0.29, 0.717) is 13.1 Å². The molecule has 0 aromatic heterocycles. The minimum Gasteiger partial charge on any atom is -0.342 e. The Morgan fingerprint density at radius 3 is 1.83 bits per heavy atom. The molecule has 0 aromatic rings. The summed E-state index contributed by atoms with van der Waals surface area (Å²) in [6.45, 7) is 12.0. The summed E-state index contributed by atoms with van der Waals surface area (Å²) in [6, 6.07) is 0. The predicted molar refractivity (Wildman–Crippen MR) is 95.9 cm³/mol. The van der Waals surface area contributed by atoms with Gasteiger partial charge in [0, 0.05) is 39.3 Å². The van der Waals surface area contributed by atoms with Gasteiger partial charge >= 0.3 is 0 Å². The molecule has 2 heterocycles. The number of likely N-dealkylation sites (tertiary alicyclic amines) is 1. The highest BCUT2D eigenvalue weighted by atomic mass is 16.2. The van der Waals surface area contributed by atoms with Crippen LogP contribution in [0.15, 0.2) is 0 Å². The van der Waals surface area contributed by atoms with E-state index in [1.807, 2.05) is 9.80 Å². The molecule has 0 bridgehead atoms. The summed E-state index contributed by atoms with van der Waals surface area (Å²) in [4.78, 5) is 33.1. The van der Waals surface area contributed by atoms with Crippen molar-refractivity contribution >= 4 is 11.8 Å². The fourth-order valence-corrected chi connectivity index (χ4v) is 3.51. The number of carbonyl (C=O) groups excluding carboxylic acids is 2. The zero-order valence-electron chi connectivity index (χ0n) is 15.5. The Labute approximate surface area is 146 Å². The molecule has 0 N–H and O–H groups in total. The second-order valence-electron chi connectivity index (χ2n) is 6.91. The lowest BCUT2D eigenvalue weighted by Crippen LogP contribution is -2.53. The number of piperazine rings is 1. The molecule has 0 radical (unpaired) electrons. The fourth-order valence-electron chi connectivity index (χ4n) is 3.51. The lowest BCUT2D eigenvalue weighted by molar-refractivity contribution is -0.135. The summed E-state index contributed by atoms with van der Waals surface area (Å²) in [5, 5.41) is 0. The van der Waals surface area contributed by atoms with E-state index in [2.05, 4.69) is 23.6 Å². The third-order valence-electron chi connectivity index (χ3n) is 5.30. The first kappa shape index (κ1) is 19.2. The largest absolute Gasteiger partial charge is 0.342 e. The molecular weight excluding hydrogens is 304 g/mol. The van der Waals surface area contributed by atoms with Crippen LogP contribution in [0.2, 0.25) is 0 Å². The molecular formula is C18H34N4O2. The second kappa shape index (κ2) is 9.99. The van der Waals surface area contributed by atoms with Crippen molar-refractivity contribution in [2.24, 2.45) is 0 Å². The van der Waals surface area contributed by atoms with Gasteiger partial charge in [-0.3, -0.25) is 19.4 Å². The number of amides is 2. The van der Waals surface area contributed by atoms with Crippen LogP contribution in [0.25, 0.3) is 0 Å². The molecule has 2 rings (SSSR count). The molecule has 2 aliphatic rings. The van der Waals surface area contributed by atoms with Crippen molar-refractivity contribution < 1.29 is 9.59 Å². The Hall–Kier alpha value is -1.14. The van der Waals surface area contributed by atoms with Gasteiger partial charge in [-0.15, -0.1) is 0 Å². The van der Waals surface area contributed by atoms with Gasteiger partial charge < -0.3 is 9.80 Å². The summed E-state index contributed by atoms with van der Waals surface area (Å²) in [5.74, 6) is 0.483. The Kier molecular flexibility index (Phi) is 7.99. The van der Waals surface area contributed by atoms with E-state index in [9.17, 15) is 9.59 Å². The third kappa shape index (κ3) is 5.74. The summed E-state index contributed by atoms with van der Waals surface area (Å²) >= 11 is 0. The van der Waals surface area contributed by atoms with Crippen LogP contribution in [-0.2, 0) is 9.59 Å². The molecule has 2 aliphatic heterocycles. The molecule has 0 unspecified atom stereocenters. The molecule has 24 heavy (non-hydrogen) atoms. The lowest BCUT2D eigenvalue weighted by Gasteiger charge is -2.36. The lowest BCUT2D eigenvalue weighted by atomic mass is 10.2. The molecule has 2 saturated heterocycles. The number of nitrogens with zero attached hydrogens (tertiary/aromatic N) is 4. The first-order chi connectivity index (χ1) is 11.6. The molecule has 0 spiro atoms. The smallest absolute Gasteiger partial charge is 0.236 e. The zero-order valence-corrected chi connectivity index (χ0v) is 15.5. The molecule has 2 amide bonds. The van der Waals surface area contributed by atoms with Crippen LogP contribution in [0.4, 0.5) is 0 Å². The Morgan fingerprint density at radius 1 is 0.750 bits per heavy atom. The van der Waals surface area contributed by atoms with E-state index in [-0.39, 0.29) is 11.8 Å². The number of hydrogen-bond donors (Lipinski definition) is 0. The molecule has 138 valence electrons. The fraction of sp³-hybridized carbons (Fsp3) is 0.889. The average Bonchev–Trinajstić information content (AvgIpc) is 2.89. The monoisotopic (exact) mass is 338 g/mol. The van der Waals surface area contributed by atoms with Crippen LogP contribution in [0.5, 0.6) is 0 Å². The number of rotatable bonds is 6. The zero-order chi connectivity index (χ0) is 17.4. The Morgan fingerprint density at radius 2 is 1.29 bits per heavy atom. The van der Waals surface area contributed by atoms with Gasteiger partial charge in [-0.2, -0.15) is 0 Å². The van der Waals surface area contributed by atoms with Crippen LogP contribution < -0.4 is 0 Å². The van der Waals surface area contributed by atoms with Crippen molar-refractivity contribution in [2.75, 3.05) is 65.4 Å². The van der Waals surface area contributed by atoms with Crippen LogP contribution in [0.3, 0.4) is 0 Å². The number of likely N-dealkylation sites (N-methyl/N-ethyl adjacent to an activating group) is 1. The van der Waals surface area contributed by atoms with E-state index in [0.717, 1.165) is 65.2 Å². The number of carbonyl (C=O) groups is 2. The maximum atomic E-state index is 12.5. The predicted octanol–water partition coefficient (Wildman–Crippen LogP) is 0.875. The summed E-state index contributed by atoms with van der Waals surface area (Å²) in [5.41, 5.74) is 0. The minimum atomic E-state index is 0.220. The first-order valence-electron chi connectivity index (χ1n) is 9.64. The minimum absolute atomic E-state index is 0.220. The molecule has 0 aromatic carbocycles. The van der Waals surface area contributed by atoms with Crippen LogP contribution in [0.1, 0.15) is 39.5 Å². The van der Waals surface area contributed by atoms with Gasteiger partial charge in [-0.05, 0) is 25.9 Å². The van der Waals surface area contributed by atoms with Gasteiger partial charge in [0.15, 0.2) is 0 Å². The summed E-state index contributed by atoms with van der Waals surface area (Å²) in [7, 11) is 0. The summed E-state index contributed by atoms with van der Waals surface area (Å²) < 4.78 is 0. The maximum Gasteiger partial charge on any atom is 0.236 e. The normalized spacial score (nSPS) is 20.3. The van der Waals surface area contributed by atoms with Crippen molar-refractivity contribution in [3.8, 4) is 0 Å². The molecule has 0 saturated carbocycles. The van der Waals surface area contributed by atoms with Gasteiger partial charge in [0.05, 0.1) is 13.1 Å². The van der Waals surface area contributed by atoms with Crippen molar-refractivity contribution in [3.63, 3.8) is 0 Å². The first-order valence-corrected chi connectivity index (χ1v) is 9.64. The highest BCUT2D eigenvalue weighted by molar-refractivity contribution is 5.79. The van der Waals surface area contributed by atoms with Gasteiger partial charge in [-0.25, -0.2) is 0 Å².